The quantitative estimate of drug-likeness (QED) is 0.538. The Morgan fingerprint density at radius 3 is 2.43 bits per heavy atom. The molecule has 0 saturated heterocycles. The first-order chi connectivity index (χ1) is 6.81. The smallest absolute Gasteiger partial charge is 0.0773 e. The van der Waals surface area contributed by atoms with E-state index in [1.165, 1.54) is 0 Å². The highest BCUT2D eigenvalue weighted by molar-refractivity contribution is 4.53. The van der Waals surface area contributed by atoms with Gasteiger partial charge in [-0.3, -0.25) is 0 Å². The summed E-state index contributed by atoms with van der Waals surface area (Å²) in [5.74, 6) is 0. The summed E-state index contributed by atoms with van der Waals surface area (Å²) in [6.45, 7) is 2.46. The van der Waals surface area contributed by atoms with E-state index in [9.17, 15) is 5.11 Å². The molecule has 0 radical (unpaired) electrons. The molecule has 4 heteroatoms. The first kappa shape index (κ1) is 13.8. The van der Waals surface area contributed by atoms with Crippen molar-refractivity contribution in [3.8, 4) is 0 Å². The number of rotatable bonds is 10. The fourth-order valence-corrected chi connectivity index (χ4v) is 1.10. The van der Waals surface area contributed by atoms with Crippen LogP contribution in [0.3, 0.4) is 0 Å². The third-order valence-corrected chi connectivity index (χ3v) is 1.87. The van der Waals surface area contributed by atoms with Gasteiger partial charge >= 0.3 is 0 Å². The molecule has 0 aromatic rings. The number of methoxy groups -OCH3 is 2. The zero-order valence-electron chi connectivity index (χ0n) is 9.20. The summed E-state index contributed by atoms with van der Waals surface area (Å²) in [7, 11) is 3.25. The molecule has 0 aromatic carbocycles. The molecule has 0 aliphatic rings. The third kappa shape index (κ3) is 9.92. The molecule has 1 atom stereocenters. The van der Waals surface area contributed by atoms with Crippen molar-refractivity contribution in [2.75, 3.05) is 40.6 Å². The number of hydrogen-bond acceptors (Lipinski definition) is 4. The molecule has 0 rings (SSSR count). The molecule has 1 unspecified atom stereocenters. The molecular formula is C10H22O4. The third-order valence-electron chi connectivity index (χ3n) is 1.87. The first-order valence-electron chi connectivity index (χ1n) is 5.05. The van der Waals surface area contributed by atoms with Crippen molar-refractivity contribution in [1.82, 2.24) is 0 Å². The van der Waals surface area contributed by atoms with Gasteiger partial charge in [0.15, 0.2) is 0 Å². The lowest BCUT2D eigenvalue weighted by atomic mass is 10.2. The van der Waals surface area contributed by atoms with Crippen LogP contribution in [0.1, 0.15) is 19.3 Å². The minimum Gasteiger partial charge on any atom is -0.391 e. The minimum atomic E-state index is -0.334. The van der Waals surface area contributed by atoms with Gasteiger partial charge in [-0.2, -0.15) is 0 Å². The highest BCUT2D eigenvalue weighted by Gasteiger charge is 2.01. The maximum Gasteiger partial charge on any atom is 0.0773 e. The largest absolute Gasteiger partial charge is 0.391 e. The Bertz CT molecular complexity index is 108. The molecule has 1 N–H and O–H groups in total. The number of aliphatic hydroxyl groups is 1. The van der Waals surface area contributed by atoms with Crippen molar-refractivity contribution in [2.24, 2.45) is 0 Å². The lowest BCUT2D eigenvalue weighted by molar-refractivity contribution is 0.0498. The number of unbranched alkanes of at least 4 members (excludes halogenated alkanes) is 1. The van der Waals surface area contributed by atoms with Gasteiger partial charge in [-0.15, -0.1) is 0 Å². The lowest BCUT2D eigenvalue weighted by Crippen LogP contribution is -2.13. The molecule has 0 aromatic heterocycles. The normalized spacial score (nSPS) is 13.1. The van der Waals surface area contributed by atoms with Gasteiger partial charge in [0.05, 0.1) is 25.9 Å². The summed E-state index contributed by atoms with van der Waals surface area (Å²) in [6, 6.07) is 0. The SMILES string of the molecule is COCCOCCCCC(O)COC. The van der Waals surface area contributed by atoms with Gasteiger partial charge in [-0.1, -0.05) is 0 Å². The Labute approximate surface area is 86.2 Å². The Kier molecular flexibility index (Phi) is 10.8. The fraction of sp³-hybridized carbons (Fsp3) is 1.00. The zero-order chi connectivity index (χ0) is 10.6. The van der Waals surface area contributed by atoms with E-state index in [0.717, 1.165) is 25.9 Å². The number of aliphatic hydroxyl groups excluding tert-OH is 1. The van der Waals surface area contributed by atoms with Gasteiger partial charge in [0, 0.05) is 20.8 Å². The molecule has 4 nitrogen and oxygen atoms in total. The van der Waals surface area contributed by atoms with Crippen molar-refractivity contribution < 1.29 is 19.3 Å². The first-order valence-corrected chi connectivity index (χ1v) is 5.05. The van der Waals surface area contributed by atoms with E-state index in [1.807, 2.05) is 0 Å². The molecule has 0 aliphatic heterocycles. The molecule has 0 bridgehead atoms. The Morgan fingerprint density at radius 2 is 1.79 bits per heavy atom. The summed E-state index contributed by atoms with van der Waals surface area (Å²) >= 11 is 0. The molecule has 0 fully saturated rings. The molecular weight excluding hydrogens is 184 g/mol. The predicted molar refractivity (Wildman–Crippen MR) is 54.4 cm³/mol. The maximum absolute atomic E-state index is 9.30. The summed E-state index contributed by atoms with van der Waals surface area (Å²) in [5, 5.41) is 9.30. The predicted octanol–water partition coefficient (Wildman–Crippen LogP) is 0.827. The summed E-state index contributed by atoms with van der Waals surface area (Å²) in [5.41, 5.74) is 0. The second-order valence-corrected chi connectivity index (χ2v) is 3.21. The van der Waals surface area contributed by atoms with Crippen LogP contribution in [0.4, 0.5) is 0 Å². The minimum absolute atomic E-state index is 0.334. The summed E-state index contributed by atoms with van der Waals surface area (Å²) in [6.07, 6.45) is 2.39. The van der Waals surface area contributed by atoms with E-state index in [2.05, 4.69) is 0 Å². The molecule has 0 amide bonds. The monoisotopic (exact) mass is 206 g/mol. The van der Waals surface area contributed by atoms with E-state index in [4.69, 9.17) is 14.2 Å². The Balaban J connectivity index is 2.98. The highest BCUT2D eigenvalue weighted by Crippen LogP contribution is 2.01. The van der Waals surface area contributed by atoms with E-state index in [-0.39, 0.29) is 6.10 Å². The van der Waals surface area contributed by atoms with Gasteiger partial charge in [-0.25, -0.2) is 0 Å². The van der Waals surface area contributed by atoms with Crippen LogP contribution in [0.2, 0.25) is 0 Å². The van der Waals surface area contributed by atoms with E-state index < -0.39 is 0 Å². The molecule has 0 heterocycles. The average molecular weight is 206 g/mol. The van der Waals surface area contributed by atoms with Crippen LogP contribution in [0.15, 0.2) is 0 Å². The van der Waals surface area contributed by atoms with Crippen molar-refractivity contribution in [2.45, 2.75) is 25.4 Å². The molecule has 86 valence electrons. The Hall–Kier alpha value is -0.160. The molecule has 0 saturated carbocycles. The molecule has 0 aliphatic carbocycles. The topological polar surface area (TPSA) is 47.9 Å². The van der Waals surface area contributed by atoms with Crippen LogP contribution in [0.5, 0.6) is 0 Å². The van der Waals surface area contributed by atoms with Crippen LogP contribution in [-0.4, -0.2) is 51.9 Å². The van der Waals surface area contributed by atoms with Gasteiger partial charge in [0.1, 0.15) is 0 Å². The average Bonchev–Trinajstić information content (AvgIpc) is 2.17. The van der Waals surface area contributed by atoms with Crippen molar-refractivity contribution >= 4 is 0 Å². The van der Waals surface area contributed by atoms with Crippen molar-refractivity contribution in [3.05, 3.63) is 0 Å². The lowest BCUT2D eigenvalue weighted by Gasteiger charge is -2.08. The summed E-state index contributed by atoms with van der Waals surface area (Å²) in [4.78, 5) is 0. The maximum atomic E-state index is 9.30. The second-order valence-electron chi connectivity index (χ2n) is 3.21. The Morgan fingerprint density at radius 1 is 1.00 bits per heavy atom. The summed E-state index contributed by atoms with van der Waals surface area (Å²) < 4.78 is 14.9. The van der Waals surface area contributed by atoms with Gasteiger partial charge < -0.3 is 19.3 Å². The fourth-order valence-electron chi connectivity index (χ4n) is 1.10. The van der Waals surface area contributed by atoms with Crippen LogP contribution in [0.25, 0.3) is 0 Å². The van der Waals surface area contributed by atoms with Gasteiger partial charge in [0.2, 0.25) is 0 Å². The van der Waals surface area contributed by atoms with E-state index in [1.54, 1.807) is 14.2 Å². The highest BCUT2D eigenvalue weighted by atomic mass is 16.5. The van der Waals surface area contributed by atoms with Crippen LogP contribution >= 0.6 is 0 Å². The second kappa shape index (κ2) is 10.9. The van der Waals surface area contributed by atoms with Crippen molar-refractivity contribution in [3.63, 3.8) is 0 Å². The van der Waals surface area contributed by atoms with Gasteiger partial charge in [0.25, 0.3) is 0 Å². The number of hydrogen-bond donors (Lipinski definition) is 1. The van der Waals surface area contributed by atoms with Crippen LogP contribution in [0, 0.1) is 0 Å². The molecule has 0 spiro atoms. The van der Waals surface area contributed by atoms with Crippen molar-refractivity contribution in [1.29, 1.82) is 0 Å². The number of ether oxygens (including phenoxy) is 3. The molecule has 14 heavy (non-hydrogen) atoms. The van der Waals surface area contributed by atoms with Gasteiger partial charge in [-0.05, 0) is 19.3 Å². The van der Waals surface area contributed by atoms with E-state index >= 15 is 0 Å². The van der Waals surface area contributed by atoms with Crippen LogP contribution in [-0.2, 0) is 14.2 Å². The van der Waals surface area contributed by atoms with E-state index in [0.29, 0.717) is 19.8 Å². The zero-order valence-corrected chi connectivity index (χ0v) is 9.20. The standard InChI is InChI=1S/C10H22O4/c1-12-7-8-14-6-4-3-5-10(11)9-13-2/h10-11H,3-9H2,1-2H3. The van der Waals surface area contributed by atoms with Crippen LogP contribution < -0.4 is 0 Å².